The van der Waals surface area contributed by atoms with Gasteiger partial charge >= 0.3 is 0 Å². The molecule has 9 rings (SSSR count). The Hall–Kier alpha value is -5.48. The second kappa shape index (κ2) is 14.3. The van der Waals surface area contributed by atoms with Crippen LogP contribution in [0.25, 0.3) is 5.00 Å². The summed E-state index contributed by atoms with van der Waals surface area (Å²) in [5.74, 6) is 8.10. The first kappa shape index (κ1) is 35.2. The predicted molar refractivity (Wildman–Crippen MR) is 209 cm³/mol. The van der Waals surface area contributed by atoms with Gasteiger partial charge in [0.15, 0.2) is 5.82 Å². The molecule has 7 heterocycles. The normalized spacial score (nSPS) is 18.1. The smallest absolute Gasteiger partial charge is 0.255 e. The van der Waals surface area contributed by atoms with Crippen LogP contribution < -0.4 is 5.32 Å². The van der Waals surface area contributed by atoms with Crippen LogP contribution in [0.3, 0.4) is 0 Å². The molecule has 0 bridgehead atoms. The van der Waals surface area contributed by atoms with Crippen molar-refractivity contribution < 1.29 is 14.4 Å². The van der Waals surface area contributed by atoms with Crippen LogP contribution in [0.5, 0.6) is 0 Å². The highest BCUT2D eigenvalue weighted by atomic mass is 35.5. The molecule has 0 radical (unpaired) electrons. The number of carbonyl (C=O) groups excluding carboxylic acids is 3. The van der Waals surface area contributed by atoms with Gasteiger partial charge in [0.2, 0.25) is 11.8 Å². The third kappa shape index (κ3) is 6.66. The van der Waals surface area contributed by atoms with Gasteiger partial charge < -0.3 is 4.90 Å². The number of pyridine rings is 1. The van der Waals surface area contributed by atoms with Crippen LogP contribution in [0.4, 0.5) is 0 Å². The topological polar surface area (TPSA) is 126 Å². The lowest BCUT2D eigenvalue weighted by Crippen LogP contribution is -2.52. The summed E-state index contributed by atoms with van der Waals surface area (Å²) in [6.45, 7) is 7.75. The quantitative estimate of drug-likeness (QED) is 0.170. The van der Waals surface area contributed by atoms with Crippen molar-refractivity contribution in [2.45, 2.75) is 65.2 Å². The summed E-state index contributed by atoms with van der Waals surface area (Å²) in [4.78, 5) is 52.0. The number of aromatic nitrogens is 4. The van der Waals surface area contributed by atoms with Gasteiger partial charge in [-0.1, -0.05) is 41.9 Å². The van der Waals surface area contributed by atoms with Gasteiger partial charge in [-0.25, -0.2) is 4.98 Å². The van der Waals surface area contributed by atoms with E-state index < -0.39 is 6.04 Å². The molecular weight excluding hydrogens is 732 g/mol. The lowest BCUT2D eigenvalue weighted by Gasteiger charge is -2.39. The Morgan fingerprint density at radius 3 is 2.62 bits per heavy atom. The number of piperidine rings is 1. The molecule has 5 aromatic rings. The highest BCUT2D eigenvalue weighted by Crippen LogP contribution is 2.37. The van der Waals surface area contributed by atoms with Crippen molar-refractivity contribution in [3.8, 4) is 16.8 Å². The molecule has 0 aliphatic carbocycles. The van der Waals surface area contributed by atoms with Crippen LogP contribution in [-0.2, 0) is 35.6 Å². The van der Waals surface area contributed by atoms with Crippen molar-refractivity contribution in [2.24, 2.45) is 10.9 Å². The molecule has 0 saturated carbocycles. The zero-order chi connectivity index (χ0) is 37.8. The van der Waals surface area contributed by atoms with E-state index in [0.717, 1.165) is 87.5 Å². The molecule has 276 valence electrons. The summed E-state index contributed by atoms with van der Waals surface area (Å²) >= 11 is 7.83. The minimum atomic E-state index is -0.596. The Morgan fingerprint density at radius 2 is 1.84 bits per heavy atom. The van der Waals surface area contributed by atoms with Crippen LogP contribution in [0, 0.1) is 31.6 Å². The molecule has 1 unspecified atom stereocenters. The molecule has 4 aliphatic heterocycles. The zero-order valence-electron chi connectivity index (χ0n) is 30.4. The van der Waals surface area contributed by atoms with Crippen LogP contribution in [0.15, 0.2) is 65.8 Å². The molecular formula is C42H37ClN8O3S. The highest BCUT2D eigenvalue weighted by molar-refractivity contribution is 7.15. The van der Waals surface area contributed by atoms with Crippen molar-refractivity contribution in [1.82, 2.24) is 34.9 Å². The maximum absolute atomic E-state index is 13.2. The van der Waals surface area contributed by atoms with E-state index in [1.165, 1.54) is 5.56 Å². The largest absolute Gasteiger partial charge is 0.322 e. The minimum absolute atomic E-state index is 0.122. The van der Waals surface area contributed by atoms with Crippen LogP contribution in [0.1, 0.15) is 85.2 Å². The summed E-state index contributed by atoms with van der Waals surface area (Å²) in [5.41, 5.74) is 8.71. The van der Waals surface area contributed by atoms with Crippen molar-refractivity contribution in [3.63, 3.8) is 0 Å². The van der Waals surface area contributed by atoms with E-state index in [2.05, 4.69) is 55.9 Å². The van der Waals surface area contributed by atoms with Crippen molar-refractivity contribution in [1.29, 1.82) is 0 Å². The third-order valence-corrected chi connectivity index (χ3v) is 12.5. The lowest BCUT2D eigenvalue weighted by molar-refractivity contribution is -0.136. The molecule has 55 heavy (non-hydrogen) atoms. The molecule has 2 aromatic carbocycles. The molecule has 3 aromatic heterocycles. The number of imide groups is 1. The van der Waals surface area contributed by atoms with Gasteiger partial charge in [0, 0.05) is 60.5 Å². The zero-order valence-corrected chi connectivity index (χ0v) is 32.0. The molecule has 3 amide bonds. The number of aliphatic imine (C=N–C) groups is 1. The molecule has 11 nitrogen and oxygen atoms in total. The number of aryl methyl sites for hydroxylation is 2. The molecule has 2 saturated heterocycles. The van der Waals surface area contributed by atoms with Crippen LogP contribution in [-0.4, -0.2) is 72.1 Å². The lowest BCUT2D eigenvalue weighted by atomic mass is 9.90. The Morgan fingerprint density at radius 1 is 1.00 bits per heavy atom. The fraction of sp³-hybridized carbons (Fsp3) is 0.310. The first-order valence-electron chi connectivity index (χ1n) is 18.5. The number of benzene rings is 2. The first-order chi connectivity index (χ1) is 26.7. The van der Waals surface area contributed by atoms with Crippen molar-refractivity contribution >= 4 is 46.4 Å². The van der Waals surface area contributed by atoms with Gasteiger partial charge in [-0.15, -0.1) is 21.5 Å². The van der Waals surface area contributed by atoms with Crippen molar-refractivity contribution in [2.75, 3.05) is 13.1 Å². The number of fused-ring (bicyclic) bond motifs is 4. The van der Waals surface area contributed by atoms with Crippen molar-refractivity contribution in [3.05, 3.63) is 127 Å². The average Bonchev–Trinajstić information content (AvgIpc) is 3.77. The number of hydrogen-bond acceptors (Lipinski definition) is 9. The number of thiophene rings is 1. The minimum Gasteiger partial charge on any atom is -0.322 e. The van der Waals surface area contributed by atoms with Gasteiger partial charge in [-0.05, 0) is 97.4 Å². The SMILES string of the molecule is Cc1c(C#Cc2ccc(CN3CC(CCc4cccc5c4CN(C4CCC(=O)NC4=O)C5=O)C3)cn2)sc2c1C(c1ccc(Cl)cc1)=NCc1nnc(C)n1-2. The monoisotopic (exact) mass is 768 g/mol. The van der Waals surface area contributed by atoms with E-state index in [1.54, 1.807) is 16.2 Å². The summed E-state index contributed by atoms with van der Waals surface area (Å²) in [5, 5.41) is 12.8. The van der Waals surface area contributed by atoms with Crippen LogP contribution in [0.2, 0.25) is 5.02 Å². The molecule has 13 heteroatoms. The number of carbonyl (C=O) groups is 3. The van der Waals surface area contributed by atoms with Crippen LogP contribution >= 0.6 is 22.9 Å². The second-order valence-corrected chi connectivity index (χ2v) is 16.1. The molecule has 0 spiro atoms. The molecule has 1 atom stereocenters. The second-order valence-electron chi connectivity index (χ2n) is 14.7. The Bertz CT molecular complexity index is 2470. The third-order valence-electron chi connectivity index (χ3n) is 11.0. The number of halogens is 1. The summed E-state index contributed by atoms with van der Waals surface area (Å²) < 4.78 is 2.09. The molecule has 2 fully saturated rings. The maximum Gasteiger partial charge on any atom is 0.255 e. The maximum atomic E-state index is 13.2. The fourth-order valence-electron chi connectivity index (χ4n) is 8.10. The Balaban J connectivity index is 0.824. The summed E-state index contributed by atoms with van der Waals surface area (Å²) in [7, 11) is 0. The fourth-order valence-corrected chi connectivity index (χ4v) is 9.46. The number of nitrogens with zero attached hydrogens (tertiary/aromatic N) is 7. The Labute approximate surface area is 327 Å². The van der Waals surface area contributed by atoms with E-state index >= 15 is 0 Å². The summed E-state index contributed by atoms with van der Waals surface area (Å²) in [6.07, 6.45) is 4.46. The number of likely N-dealkylation sites (tertiary alicyclic amines) is 1. The first-order valence-corrected chi connectivity index (χ1v) is 19.7. The van der Waals surface area contributed by atoms with Gasteiger partial charge in [-0.2, -0.15) is 0 Å². The Kier molecular flexibility index (Phi) is 9.16. The van der Waals surface area contributed by atoms with E-state index in [9.17, 15) is 14.4 Å². The van der Waals surface area contributed by atoms with E-state index in [0.29, 0.717) is 41.7 Å². The average molecular weight is 769 g/mol. The van der Waals surface area contributed by atoms with E-state index in [-0.39, 0.29) is 24.1 Å². The number of hydrogen-bond donors (Lipinski definition) is 1. The number of rotatable bonds is 7. The molecule has 1 N–H and O–H groups in total. The number of nitrogens with one attached hydrogen (secondary N) is 1. The van der Waals surface area contributed by atoms with Gasteiger partial charge in [0.1, 0.15) is 29.1 Å². The highest BCUT2D eigenvalue weighted by Gasteiger charge is 2.40. The van der Waals surface area contributed by atoms with E-state index in [4.69, 9.17) is 21.6 Å². The standard InChI is InChI=1S/C42H37ClN8O3S/c1-24-35(55-42-38(24)39(29-9-11-30(43)12-10-29)45-19-36-48-47-25(2)51(36)42)16-14-31-13-7-26(18-44-31)20-49-21-27(22-49)6-8-28-4-3-5-32-33(28)23-50(41(32)54)34-15-17-37(52)46-40(34)53/h3-5,7,9-13,18,27,34H,6,8,15,17,19-23H2,1-2H3,(H,46,52,53). The number of amides is 3. The summed E-state index contributed by atoms with van der Waals surface area (Å²) in [6, 6.07) is 17.2. The van der Waals surface area contributed by atoms with E-state index in [1.807, 2.05) is 55.6 Å². The van der Waals surface area contributed by atoms with Gasteiger partial charge in [0.25, 0.3) is 5.91 Å². The predicted octanol–water partition coefficient (Wildman–Crippen LogP) is 5.57. The van der Waals surface area contributed by atoms with Gasteiger partial charge in [0.05, 0.1) is 10.6 Å². The van der Waals surface area contributed by atoms with Gasteiger partial charge in [-0.3, -0.25) is 34.2 Å². The molecule has 4 aliphatic rings.